The fraction of sp³-hybridized carbons (Fsp3) is 0.636. The van der Waals surface area contributed by atoms with Crippen molar-refractivity contribution in [2.45, 2.75) is 58.5 Å². The number of ketones is 1. The number of aliphatic hydroxyl groups is 1. The molecule has 3 fully saturated rings. The number of carbonyl (C=O) groups excluding carboxylic acids is 1. The highest BCUT2D eigenvalue weighted by Crippen LogP contribution is 2.65. The third-order valence-electron chi connectivity index (χ3n) is 7.87. The molecule has 6 atom stereocenters. The predicted octanol–water partition coefficient (Wildman–Crippen LogP) is 3.67. The van der Waals surface area contributed by atoms with E-state index in [2.05, 4.69) is 13.8 Å². The molecule has 4 aliphatic carbocycles. The first-order valence-corrected chi connectivity index (χ1v) is 9.79. The first-order chi connectivity index (χ1) is 12.3. The molecule has 4 aliphatic rings. The summed E-state index contributed by atoms with van der Waals surface area (Å²) in [4.78, 5) is 22.8. The second-order valence-corrected chi connectivity index (χ2v) is 9.08. The first-order valence-electron chi connectivity index (χ1n) is 9.79. The number of allylic oxidation sites excluding steroid dienone is 5. The van der Waals surface area contributed by atoms with Gasteiger partial charge in [0.15, 0.2) is 5.78 Å². The summed E-state index contributed by atoms with van der Waals surface area (Å²) in [6, 6.07) is 0. The van der Waals surface area contributed by atoms with E-state index in [1.807, 2.05) is 12.2 Å². The third kappa shape index (κ3) is 2.45. The van der Waals surface area contributed by atoms with Crippen LogP contribution >= 0.6 is 0 Å². The predicted molar refractivity (Wildman–Crippen MR) is 98.3 cm³/mol. The van der Waals surface area contributed by atoms with Crippen molar-refractivity contribution >= 4 is 11.8 Å². The highest BCUT2D eigenvalue weighted by molar-refractivity contribution is 6.01. The molecular weight excluding hydrogens is 328 g/mol. The van der Waals surface area contributed by atoms with Crippen molar-refractivity contribution in [2.75, 3.05) is 0 Å². The third-order valence-corrected chi connectivity index (χ3v) is 7.87. The van der Waals surface area contributed by atoms with Gasteiger partial charge in [-0.1, -0.05) is 37.1 Å². The Morgan fingerprint density at radius 1 is 1.31 bits per heavy atom. The fourth-order valence-electron chi connectivity index (χ4n) is 6.72. The molecule has 0 aromatic carbocycles. The van der Waals surface area contributed by atoms with Gasteiger partial charge in [-0.25, -0.2) is 0 Å². The van der Waals surface area contributed by atoms with Crippen LogP contribution in [0.3, 0.4) is 0 Å². The van der Waals surface area contributed by atoms with Crippen LogP contribution in [0.5, 0.6) is 0 Å². The van der Waals surface area contributed by atoms with Gasteiger partial charge in [0.05, 0.1) is 12.5 Å². The number of carbonyl (C=O) groups is 2. The number of aliphatic hydroxyl groups excluding tert-OH is 1. The van der Waals surface area contributed by atoms with E-state index in [-0.39, 0.29) is 29.0 Å². The molecule has 0 radical (unpaired) electrons. The summed E-state index contributed by atoms with van der Waals surface area (Å²) in [5, 5.41) is 20.2. The van der Waals surface area contributed by atoms with Gasteiger partial charge in [-0.3, -0.25) is 9.59 Å². The molecule has 4 rings (SSSR count). The summed E-state index contributed by atoms with van der Waals surface area (Å²) in [5.41, 5.74) is 2.07. The highest BCUT2D eigenvalue weighted by atomic mass is 16.4. The Morgan fingerprint density at radius 2 is 2.08 bits per heavy atom. The summed E-state index contributed by atoms with van der Waals surface area (Å²) in [7, 11) is 0. The maximum atomic E-state index is 11.8. The van der Waals surface area contributed by atoms with Gasteiger partial charge in [-0.2, -0.15) is 0 Å². The molecule has 0 bridgehead atoms. The van der Waals surface area contributed by atoms with Crippen molar-refractivity contribution < 1.29 is 19.8 Å². The summed E-state index contributed by atoms with van der Waals surface area (Å²) in [5.74, 6) is 0.310. The average Bonchev–Trinajstić information content (AvgIpc) is 2.89. The summed E-state index contributed by atoms with van der Waals surface area (Å²) in [6.45, 7) is 4.41. The Bertz CT molecular complexity index is 745. The van der Waals surface area contributed by atoms with Crippen LogP contribution in [0.25, 0.3) is 0 Å². The molecule has 0 spiro atoms. The van der Waals surface area contributed by atoms with Crippen LogP contribution in [0.15, 0.2) is 35.5 Å². The fourth-order valence-corrected chi connectivity index (χ4v) is 6.72. The van der Waals surface area contributed by atoms with Crippen LogP contribution in [0, 0.1) is 28.6 Å². The molecule has 4 heteroatoms. The number of carboxylic acid groups (broad SMARTS) is 1. The molecule has 0 unspecified atom stereocenters. The summed E-state index contributed by atoms with van der Waals surface area (Å²) < 4.78 is 0. The number of hydrogen-bond acceptors (Lipinski definition) is 3. The minimum atomic E-state index is -0.796. The Hall–Kier alpha value is -1.68. The molecule has 0 aliphatic heterocycles. The molecule has 2 N–H and O–H groups in total. The molecule has 3 saturated carbocycles. The maximum absolute atomic E-state index is 11.8. The van der Waals surface area contributed by atoms with Crippen molar-refractivity contribution in [1.82, 2.24) is 0 Å². The molecule has 0 heterocycles. The van der Waals surface area contributed by atoms with Gasteiger partial charge in [0, 0.05) is 11.3 Å². The second-order valence-electron chi connectivity index (χ2n) is 9.08. The zero-order valence-corrected chi connectivity index (χ0v) is 15.6. The standard InChI is InChI=1S/C22H28O4/c1-21-10-9-15(23)11-14(21)3-6-16-17-7-4-13(5-8-19(25)26)22(17,2)12-18(24)20(16)21/h5,9-11,16-18,20,24H,3-4,6-8,12H2,1-2H3,(H,25,26)/b13-5+/t16-,17-,18-,20+,21-,22+/m0/s1. The number of aliphatic carboxylic acids is 1. The van der Waals surface area contributed by atoms with E-state index in [0.29, 0.717) is 18.3 Å². The quantitative estimate of drug-likeness (QED) is 0.741. The average molecular weight is 356 g/mol. The van der Waals surface area contributed by atoms with E-state index in [1.165, 1.54) is 11.1 Å². The van der Waals surface area contributed by atoms with Gasteiger partial charge in [0.1, 0.15) is 0 Å². The van der Waals surface area contributed by atoms with E-state index < -0.39 is 12.1 Å². The Kier molecular flexibility index (Phi) is 4.03. The van der Waals surface area contributed by atoms with Crippen LogP contribution < -0.4 is 0 Å². The van der Waals surface area contributed by atoms with Crippen LogP contribution in [-0.2, 0) is 9.59 Å². The minimum absolute atomic E-state index is 0.0609. The van der Waals surface area contributed by atoms with Crippen LogP contribution in [0.2, 0.25) is 0 Å². The zero-order valence-electron chi connectivity index (χ0n) is 15.6. The van der Waals surface area contributed by atoms with Crippen molar-refractivity contribution in [2.24, 2.45) is 28.6 Å². The largest absolute Gasteiger partial charge is 0.481 e. The molecule has 0 aromatic heterocycles. The van der Waals surface area contributed by atoms with Gasteiger partial charge >= 0.3 is 5.97 Å². The second kappa shape index (κ2) is 5.91. The Labute approximate surface area is 154 Å². The Balaban J connectivity index is 1.69. The lowest BCUT2D eigenvalue weighted by Gasteiger charge is -2.58. The number of rotatable bonds is 2. The summed E-state index contributed by atoms with van der Waals surface area (Å²) >= 11 is 0. The number of fused-ring (bicyclic) bond motifs is 5. The normalized spacial score (nSPS) is 45.7. The molecular formula is C22H28O4. The number of hydrogen-bond donors (Lipinski definition) is 2. The van der Waals surface area contributed by atoms with E-state index >= 15 is 0 Å². The molecule has 0 amide bonds. The van der Waals surface area contributed by atoms with Crippen molar-refractivity contribution in [3.63, 3.8) is 0 Å². The van der Waals surface area contributed by atoms with Crippen LogP contribution in [0.1, 0.15) is 52.4 Å². The lowest BCUT2D eigenvalue weighted by Crippen LogP contribution is -2.55. The van der Waals surface area contributed by atoms with Gasteiger partial charge in [0.25, 0.3) is 0 Å². The van der Waals surface area contributed by atoms with Gasteiger partial charge in [-0.15, -0.1) is 0 Å². The highest BCUT2D eigenvalue weighted by Gasteiger charge is 2.60. The van der Waals surface area contributed by atoms with E-state index in [0.717, 1.165) is 25.7 Å². The monoisotopic (exact) mass is 356 g/mol. The van der Waals surface area contributed by atoms with E-state index in [9.17, 15) is 14.7 Å². The van der Waals surface area contributed by atoms with E-state index in [1.54, 1.807) is 12.2 Å². The maximum Gasteiger partial charge on any atom is 0.307 e. The molecule has 26 heavy (non-hydrogen) atoms. The topological polar surface area (TPSA) is 74.6 Å². The zero-order chi connectivity index (χ0) is 18.7. The molecule has 4 nitrogen and oxygen atoms in total. The lowest BCUT2D eigenvalue weighted by atomic mass is 9.47. The first kappa shape index (κ1) is 17.7. The van der Waals surface area contributed by atoms with Crippen molar-refractivity contribution in [1.29, 1.82) is 0 Å². The molecule has 0 saturated heterocycles. The minimum Gasteiger partial charge on any atom is -0.481 e. The van der Waals surface area contributed by atoms with Gasteiger partial charge < -0.3 is 10.2 Å². The van der Waals surface area contributed by atoms with Crippen LogP contribution in [-0.4, -0.2) is 28.1 Å². The van der Waals surface area contributed by atoms with Gasteiger partial charge in [-0.05, 0) is 61.5 Å². The molecule has 140 valence electrons. The smallest absolute Gasteiger partial charge is 0.307 e. The van der Waals surface area contributed by atoms with Crippen molar-refractivity contribution in [3.05, 3.63) is 35.5 Å². The van der Waals surface area contributed by atoms with E-state index in [4.69, 9.17) is 5.11 Å². The lowest BCUT2D eigenvalue weighted by molar-refractivity contribution is -0.136. The van der Waals surface area contributed by atoms with Crippen molar-refractivity contribution in [3.8, 4) is 0 Å². The van der Waals surface area contributed by atoms with Crippen LogP contribution in [0.4, 0.5) is 0 Å². The SMILES string of the molecule is C[C@]12C=CC(=O)C=C1CC[C@@H]1[C@@H]2[C@@H](O)C[C@]2(C)/C(=C/CC(=O)O)CC[C@@H]12. The molecule has 0 aromatic rings. The Morgan fingerprint density at radius 3 is 2.81 bits per heavy atom. The van der Waals surface area contributed by atoms with Gasteiger partial charge in [0.2, 0.25) is 0 Å². The summed E-state index contributed by atoms with van der Waals surface area (Å²) in [6.07, 6.45) is 11.6. The number of carboxylic acids is 1.